The fourth-order valence-electron chi connectivity index (χ4n) is 4.94. The van der Waals surface area contributed by atoms with E-state index in [1.165, 1.54) is 12.5 Å². The number of hydrogen-bond acceptors (Lipinski definition) is 3. The monoisotopic (exact) mass is 518 g/mol. The van der Waals surface area contributed by atoms with Crippen LogP contribution in [0.25, 0.3) is 11.1 Å². The number of carbonyl (C=O) groups is 1. The third kappa shape index (κ3) is 8.51. The molecule has 0 radical (unpaired) electrons. The summed E-state index contributed by atoms with van der Waals surface area (Å²) < 4.78 is 54.2. The molecule has 1 aliphatic rings. The van der Waals surface area contributed by atoms with Gasteiger partial charge in [-0.2, -0.15) is 4.39 Å². The zero-order chi connectivity index (χ0) is 26.6. The zero-order valence-corrected chi connectivity index (χ0v) is 22.2. The van der Waals surface area contributed by atoms with Gasteiger partial charge in [-0.25, -0.2) is 13.6 Å². The molecule has 0 aromatic heterocycles. The Balaban J connectivity index is 1.52. The molecule has 0 bridgehead atoms. The van der Waals surface area contributed by atoms with Crippen LogP contribution in [0.15, 0.2) is 36.4 Å². The number of unbranched alkanes of at least 4 members (excludes halogenated alkanes) is 5. The Bertz CT molecular complexity index is 968. The van der Waals surface area contributed by atoms with Crippen LogP contribution in [-0.2, 0) is 9.53 Å². The Labute approximate surface area is 219 Å². The van der Waals surface area contributed by atoms with E-state index < -0.39 is 23.8 Å². The third-order valence-corrected chi connectivity index (χ3v) is 7.27. The average Bonchev–Trinajstić information content (AvgIpc) is 2.92. The van der Waals surface area contributed by atoms with E-state index in [9.17, 15) is 18.0 Å². The Morgan fingerprint density at radius 2 is 1.54 bits per heavy atom. The van der Waals surface area contributed by atoms with Crippen LogP contribution in [-0.4, -0.2) is 24.9 Å². The first-order chi connectivity index (χ1) is 17.9. The number of ether oxygens (including phenoxy) is 2. The minimum absolute atomic E-state index is 0.0460. The molecule has 204 valence electrons. The Morgan fingerprint density at radius 3 is 2.22 bits per heavy atom. The molecule has 0 aliphatic heterocycles. The lowest BCUT2D eigenvalue weighted by atomic mass is 9.82. The molecule has 0 spiro atoms. The maximum Gasteiger partial charge on any atom is 0.340 e. The van der Waals surface area contributed by atoms with Crippen molar-refractivity contribution in [1.29, 1.82) is 0 Å². The van der Waals surface area contributed by atoms with Gasteiger partial charge in [-0.05, 0) is 67.7 Å². The fourth-order valence-corrected chi connectivity index (χ4v) is 4.94. The minimum atomic E-state index is -1.54. The van der Waals surface area contributed by atoms with Gasteiger partial charge in [0, 0.05) is 5.56 Å². The predicted molar refractivity (Wildman–Crippen MR) is 142 cm³/mol. The van der Waals surface area contributed by atoms with E-state index in [1.54, 1.807) is 6.07 Å². The lowest BCUT2D eigenvalue weighted by Crippen LogP contribution is -2.28. The Morgan fingerprint density at radius 1 is 0.865 bits per heavy atom. The van der Waals surface area contributed by atoms with E-state index in [4.69, 9.17) is 9.47 Å². The molecular weight excluding hydrogens is 477 g/mol. The van der Waals surface area contributed by atoms with Crippen molar-refractivity contribution >= 4 is 5.97 Å². The van der Waals surface area contributed by atoms with Gasteiger partial charge < -0.3 is 9.47 Å². The maximum absolute atomic E-state index is 14.8. The van der Waals surface area contributed by atoms with Gasteiger partial charge in [0.05, 0.1) is 6.61 Å². The van der Waals surface area contributed by atoms with Crippen LogP contribution in [0.4, 0.5) is 13.2 Å². The van der Waals surface area contributed by atoms with E-state index in [0.29, 0.717) is 37.4 Å². The van der Waals surface area contributed by atoms with Gasteiger partial charge in [0.25, 0.3) is 0 Å². The summed E-state index contributed by atoms with van der Waals surface area (Å²) in [7, 11) is 0. The number of hydrogen-bond donors (Lipinski definition) is 0. The summed E-state index contributed by atoms with van der Waals surface area (Å²) in [6.07, 6.45) is 8.31. The van der Waals surface area contributed by atoms with Crippen molar-refractivity contribution in [2.24, 2.45) is 0 Å². The first kappa shape index (κ1) is 29.1. The molecule has 1 fully saturated rings. The summed E-state index contributed by atoms with van der Waals surface area (Å²) in [6, 6.07) is 10.6. The van der Waals surface area contributed by atoms with Crippen LogP contribution in [0.3, 0.4) is 0 Å². The first-order valence-electron chi connectivity index (χ1n) is 14.0. The van der Waals surface area contributed by atoms with Crippen molar-refractivity contribution < 1.29 is 27.4 Å². The molecular formula is C31H41F3O3. The van der Waals surface area contributed by atoms with Gasteiger partial charge in [-0.1, -0.05) is 76.6 Å². The number of alkyl halides is 1. The smallest absolute Gasteiger partial charge is 0.340 e. The summed E-state index contributed by atoms with van der Waals surface area (Å²) in [4.78, 5) is 12.0. The molecule has 1 aliphatic carbocycles. The van der Waals surface area contributed by atoms with E-state index in [0.717, 1.165) is 50.5 Å². The van der Waals surface area contributed by atoms with Crippen LogP contribution in [0, 0.1) is 11.6 Å². The molecule has 6 heteroatoms. The summed E-state index contributed by atoms with van der Waals surface area (Å²) in [6.45, 7) is 4.49. The van der Waals surface area contributed by atoms with Crippen LogP contribution < -0.4 is 4.74 Å². The van der Waals surface area contributed by atoms with Gasteiger partial charge in [-0.3, -0.25) is 0 Å². The normalized spacial score (nSPS) is 18.4. The standard InChI is InChI=1S/C31H41F3O3/c1-3-5-7-8-9-21-36-28-20-19-26(29(33)30(28)34)24-13-11-22(12-14-24)23-15-17-25(18-16-23)37-31(35)27(32)10-6-4-2/h11-14,19-20,23,25,27H,3-10,15-18,21H2,1-2H3/t23?,25?,27-/m0/s1. The summed E-state index contributed by atoms with van der Waals surface area (Å²) >= 11 is 0. The highest BCUT2D eigenvalue weighted by Crippen LogP contribution is 2.36. The van der Waals surface area contributed by atoms with E-state index >= 15 is 0 Å². The highest BCUT2D eigenvalue weighted by Gasteiger charge is 2.28. The van der Waals surface area contributed by atoms with Crippen LogP contribution in [0.5, 0.6) is 5.75 Å². The molecule has 2 aromatic carbocycles. The summed E-state index contributed by atoms with van der Waals surface area (Å²) in [5, 5.41) is 0. The number of carbonyl (C=O) groups excluding carboxylic acids is 1. The van der Waals surface area contributed by atoms with Gasteiger partial charge in [0.15, 0.2) is 17.7 Å². The Kier molecular flexibility index (Phi) is 11.8. The van der Waals surface area contributed by atoms with Crippen LogP contribution >= 0.6 is 0 Å². The zero-order valence-electron chi connectivity index (χ0n) is 22.2. The van der Waals surface area contributed by atoms with Gasteiger partial charge in [-0.15, -0.1) is 0 Å². The fraction of sp³-hybridized carbons (Fsp3) is 0.581. The summed E-state index contributed by atoms with van der Waals surface area (Å²) in [5.74, 6) is -2.34. The highest BCUT2D eigenvalue weighted by atomic mass is 19.2. The first-order valence-corrected chi connectivity index (χ1v) is 14.0. The molecule has 2 aromatic rings. The topological polar surface area (TPSA) is 35.5 Å². The molecule has 0 N–H and O–H groups in total. The SMILES string of the molecule is CCCCCCCOc1ccc(-c2ccc(C3CCC(OC(=O)[C@@H](F)CCCC)CC3)cc2)c(F)c1F. The molecule has 1 atom stereocenters. The molecule has 0 unspecified atom stereocenters. The largest absolute Gasteiger partial charge is 0.490 e. The Hall–Kier alpha value is -2.50. The molecule has 0 amide bonds. The molecule has 0 heterocycles. The number of rotatable bonds is 14. The minimum Gasteiger partial charge on any atom is -0.490 e. The quantitative estimate of drug-likeness (QED) is 0.185. The van der Waals surface area contributed by atoms with Gasteiger partial charge >= 0.3 is 5.97 Å². The molecule has 1 saturated carbocycles. The predicted octanol–water partition coefficient (Wildman–Crippen LogP) is 9.08. The van der Waals surface area contributed by atoms with Crippen molar-refractivity contribution in [2.75, 3.05) is 6.61 Å². The van der Waals surface area contributed by atoms with E-state index in [2.05, 4.69) is 6.92 Å². The van der Waals surface area contributed by atoms with Gasteiger partial charge in [0.2, 0.25) is 5.82 Å². The van der Waals surface area contributed by atoms with Crippen molar-refractivity contribution in [3.05, 3.63) is 53.6 Å². The van der Waals surface area contributed by atoms with Crippen LogP contribution in [0.1, 0.15) is 102 Å². The van der Waals surface area contributed by atoms with Crippen molar-refractivity contribution in [3.63, 3.8) is 0 Å². The lowest BCUT2D eigenvalue weighted by molar-refractivity contribution is -0.157. The van der Waals surface area contributed by atoms with Crippen molar-refractivity contribution in [3.8, 4) is 16.9 Å². The van der Waals surface area contributed by atoms with Crippen molar-refractivity contribution in [2.45, 2.75) is 109 Å². The maximum atomic E-state index is 14.8. The van der Waals surface area contributed by atoms with E-state index in [1.807, 2.05) is 31.2 Å². The molecule has 3 rings (SSSR count). The van der Waals surface area contributed by atoms with Crippen molar-refractivity contribution in [1.82, 2.24) is 0 Å². The molecule has 0 saturated heterocycles. The second-order valence-electron chi connectivity index (χ2n) is 10.1. The number of halogens is 3. The second kappa shape index (κ2) is 15.0. The molecule has 37 heavy (non-hydrogen) atoms. The number of esters is 1. The van der Waals surface area contributed by atoms with E-state index in [-0.39, 0.29) is 23.8 Å². The second-order valence-corrected chi connectivity index (χ2v) is 10.1. The van der Waals surface area contributed by atoms with Crippen LogP contribution in [0.2, 0.25) is 0 Å². The number of benzene rings is 2. The van der Waals surface area contributed by atoms with Gasteiger partial charge in [0.1, 0.15) is 6.10 Å². The molecule has 3 nitrogen and oxygen atoms in total. The lowest BCUT2D eigenvalue weighted by Gasteiger charge is -2.29. The average molecular weight is 519 g/mol. The third-order valence-electron chi connectivity index (χ3n) is 7.27. The highest BCUT2D eigenvalue weighted by molar-refractivity contribution is 5.74. The summed E-state index contributed by atoms with van der Waals surface area (Å²) in [5.41, 5.74) is 1.93.